The Morgan fingerprint density at radius 2 is 1.41 bits per heavy atom. The Morgan fingerprint density at radius 3 is 1.95 bits per heavy atom. The van der Waals surface area contributed by atoms with Gasteiger partial charge < -0.3 is 25.6 Å². The Hall–Kier alpha value is -3.20. The Morgan fingerprint density at radius 1 is 0.854 bits per heavy atom. The monoisotopic (exact) mass is 592 g/mol. The van der Waals surface area contributed by atoms with Crippen LogP contribution < -0.4 is 20.5 Å². The number of nitrogens with one attached hydrogen (secondary N) is 1. The first kappa shape index (κ1) is 29.3. The molecule has 0 amide bonds. The fourth-order valence-electron chi connectivity index (χ4n) is 5.34. The van der Waals surface area contributed by atoms with Crippen LogP contribution in [0.15, 0.2) is 60.7 Å². The van der Waals surface area contributed by atoms with Gasteiger partial charge in [0, 0.05) is 52.0 Å². The van der Waals surface area contributed by atoms with Crippen molar-refractivity contribution in [3.8, 4) is 45.4 Å². The topological polar surface area (TPSA) is 103 Å². The molecule has 0 spiro atoms. The van der Waals surface area contributed by atoms with Gasteiger partial charge in [0.05, 0.1) is 41.8 Å². The van der Waals surface area contributed by atoms with Crippen molar-refractivity contribution < 1.29 is 14.6 Å². The third-order valence-electron chi connectivity index (χ3n) is 7.58. The summed E-state index contributed by atoms with van der Waals surface area (Å²) in [6.07, 6.45) is 2.51. The maximum atomic E-state index is 10.1. The summed E-state index contributed by atoms with van der Waals surface area (Å²) in [5.74, 6) is 0.983. The lowest BCUT2D eigenvalue weighted by Crippen LogP contribution is -2.35. The van der Waals surface area contributed by atoms with Crippen LogP contribution in [0.3, 0.4) is 0 Å². The highest BCUT2D eigenvalue weighted by molar-refractivity contribution is 6.39. The predicted octanol–water partition coefficient (Wildman–Crippen LogP) is 6.82. The van der Waals surface area contributed by atoms with Crippen LogP contribution >= 0.6 is 23.2 Å². The number of aliphatic hydroxyl groups excluding tert-OH is 1. The summed E-state index contributed by atoms with van der Waals surface area (Å²) >= 11 is 14.0. The summed E-state index contributed by atoms with van der Waals surface area (Å²) in [5.41, 5.74) is 12.2. The van der Waals surface area contributed by atoms with Gasteiger partial charge in [0.2, 0.25) is 11.8 Å². The van der Waals surface area contributed by atoms with Gasteiger partial charge in [0.1, 0.15) is 0 Å². The number of pyridine rings is 2. The number of aromatic nitrogens is 2. The van der Waals surface area contributed by atoms with Crippen molar-refractivity contribution in [3.05, 3.63) is 81.8 Å². The average Bonchev–Trinajstić information content (AvgIpc) is 3.40. The third kappa shape index (κ3) is 6.05. The van der Waals surface area contributed by atoms with E-state index < -0.39 is 0 Å². The van der Waals surface area contributed by atoms with Crippen molar-refractivity contribution in [1.29, 1.82) is 0 Å². The van der Waals surface area contributed by atoms with Crippen LogP contribution in [-0.2, 0) is 6.54 Å². The molecular weight excluding hydrogens is 559 g/mol. The minimum atomic E-state index is -0.313. The van der Waals surface area contributed by atoms with E-state index in [2.05, 4.69) is 10.3 Å². The number of ether oxygens (including phenoxy) is 2. The SMILES string of the molecule is COc1nc(-c2cccc(-c3cccc(-c4ccc([C@H](C)N)c(OC)n4)c3Cl)c2Cl)ccc1CN[C@@H]1CCC[C@@H]1O. The molecule has 1 aliphatic rings. The Balaban J connectivity index is 1.47. The van der Waals surface area contributed by atoms with Gasteiger partial charge in [0.15, 0.2) is 0 Å². The zero-order chi connectivity index (χ0) is 29.1. The van der Waals surface area contributed by atoms with Gasteiger partial charge in [-0.3, -0.25) is 0 Å². The smallest absolute Gasteiger partial charge is 0.218 e. The Kier molecular flexibility index (Phi) is 9.12. The van der Waals surface area contributed by atoms with Crippen LogP contribution in [0.5, 0.6) is 11.8 Å². The van der Waals surface area contributed by atoms with Crippen molar-refractivity contribution in [2.45, 2.75) is 50.9 Å². The molecule has 214 valence electrons. The number of halogens is 2. The highest BCUT2D eigenvalue weighted by Gasteiger charge is 2.25. The number of hydrogen-bond acceptors (Lipinski definition) is 7. The van der Waals surface area contributed by atoms with E-state index >= 15 is 0 Å². The summed E-state index contributed by atoms with van der Waals surface area (Å²) in [4.78, 5) is 9.45. The summed E-state index contributed by atoms with van der Waals surface area (Å²) in [6.45, 7) is 2.44. The molecule has 1 aliphatic carbocycles. The summed E-state index contributed by atoms with van der Waals surface area (Å²) in [6, 6.07) is 19.2. The lowest BCUT2D eigenvalue weighted by atomic mass is 9.98. The number of rotatable bonds is 9. The third-order valence-corrected chi connectivity index (χ3v) is 8.39. The Bertz CT molecular complexity index is 1550. The molecule has 41 heavy (non-hydrogen) atoms. The molecule has 0 unspecified atom stereocenters. The molecule has 0 radical (unpaired) electrons. The fourth-order valence-corrected chi connectivity index (χ4v) is 5.99. The van der Waals surface area contributed by atoms with Crippen molar-refractivity contribution >= 4 is 23.2 Å². The van der Waals surface area contributed by atoms with E-state index in [0.29, 0.717) is 39.7 Å². The molecule has 9 heteroatoms. The molecule has 5 rings (SSSR count). The van der Waals surface area contributed by atoms with Gasteiger partial charge in [-0.2, -0.15) is 0 Å². The van der Waals surface area contributed by atoms with Gasteiger partial charge in [-0.25, -0.2) is 9.97 Å². The van der Waals surface area contributed by atoms with Gasteiger partial charge in [-0.15, -0.1) is 0 Å². The van der Waals surface area contributed by atoms with Crippen LogP contribution in [-0.4, -0.2) is 41.4 Å². The molecule has 7 nitrogen and oxygen atoms in total. The van der Waals surface area contributed by atoms with Gasteiger partial charge in [-0.05, 0) is 44.4 Å². The van der Waals surface area contributed by atoms with Crippen molar-refractivity contribution in [3.63, 3.8) is 0 Å². The molecule has 1 fully saturated rings. The zero-order valence-corrected chi connectivity index (χ0v) is 24.8. The number of hydrogen-bond donors (Lipinski definition) is 3. The molecule has 2 aromatic heterocycles. The number of nitrogens with zero attached hydrogens (tertiary/aromatic N) is 2. The summed E-state index contributed by atoms with van der Waals surface area (Å²) < 4.78 is 11.1. The molecule has 2 heterocycles. The molecule has 0 saturated heterocycles. The maximum Gasteiger partial charge on any atom is 0.218 e. The summed E-state index contributed by atoms with van der Waals surface area (Å²) in [5, 5.41) is 14.6. The van der Waals surface area contributed by atoms with E-state index in [1.165, 1.54) is 0 Å². The number of methoxy groups -OCH3 is 2. The normalized spacial score (nSPS) is 17.4. The molecule has 0 bridgehead atoms. The highest BCUT2D eigenvalue weighted by Crippen LogP contribution is 2.42. The maximum absolute atomic E-state index is 10.1. The molecule has 2 aromatic carbocycles. The number of nitrogens with two attached hydrogens (primary N) is 1. The lowest BCUT2D eigenvalue weighted by Gasteiger charge is -2.18. The van der Waals surface area contributed by atoms with Gasteiger partial charge >= 0.3 is 0 Å². The van der Waals surface area contributed by atoms with Crippen LogP contribution in [0.25, 0.3) is 33.6 Å². The van der Waals surface area contributed by atoms with Crippen LogP contribution in [0.2, 0.25) is 10.0 Å². The molecular formula is C32H34Cl2N4O3. The molecule has 3 atom stereocenters. The highest BCUT2D eigenvalue weighted by atomic mass is 35.5. The van der Waals surface area contributed by atoms with E-state index in [1.807, 2.05) is 67.6 Å². The standard InChI is InChI=1S/C32H34Cl2N4O3/c1-18(35)20-14-16-26(38-32(20)41-3)24-10-5-8-22(30(24)34)21-7-4-9-23(29(21)33)25-15-13-19(31(37-25)40-2)17-36-27-11-6-12-28(27)39/h4-5,7-10,13-16,18,27-28,36,39H,6,11-12,17,35H2,1-3H3/t18-,27+,28-/m0/s1. The van der Waals surface area contributed by atoms with Crippen LogP contribution in [0.1, 0.15) is 43.4 Å². The first-order valence-corrected chi connectivity index (χ1v) is 14.4. The van der Waals surface area contributed by atoms with Crippen molar-refractivity contribution in [2.75, 3.05) is 14.2 Å². The number of aliphatic hydroxyl groups is 1. The van der Waals surface area contributed by atoms with Crippen LogP contribution in [0.4, 0.5) is 0 Å². The molecule has 1 saturated carbocycles. The predicted molar refractivity (Wildman–Crippen MR) is 165 cm³/mol. The second-order valence-electron chi connectivity index (χ2n) is 10.3. The van der Waals surface area contributed by atoms with Crippen molar-refractivity contribution in [1.82, 2.24) is 15.3 Å². The largest absolute Gasteiger partial charge is 0.481 e. The van der Waals surface area contributed by atoms with E-state index in [9.17, 15) is 5.11 Å². The molecule has 0 aliphatic heterocycles. The average molecular weight is 594 g/mol. The zero-order valence-electron chi connectivity index (χ0n) is 23.3. The van der Waals surface area contributed by atoms with E-state index in [0.717, 1.165) is 52.6 Å². The fraction of sp³-hybridized carbons (Fsp3) is 0.312. The number of benzene rings is 2. The second kappa shape index (κ2) is 12.8. The quantitative estimate of drug-likeness (QED) is 0.196. The Labute approximate surface area is 250 Å². The molecule has 4 aromatic rings. The first-order valence-electron chi connectivity index (χ1n) is 13.7. The van der Waals surface area contributed by atoms with Crippen molar-refractivity contribution in [2.24, 2.45) is 5.73 Å². The van der Waals surface area contributed by atoms with Gasteiger partial charge in [0.25, 0.3) is 0 Å². The minimum absolute atomic E-state index is 0.0875. The lowest BCUT2D eigenvalue weighted by molar-refractivity contribution is 0.148. The van der Waals surface area contributed by atoms with E-state index in [4.69, 9.17) is 43.4 Å². The summed E-state index contributed by atoms with van der Waals surface area (Å²) in [7, 11) is 3.18. The minimum Gasteiger partial charge on any atom is -0.481 e. The molecule has 4 N–H and O–H groups in total. The first-order chi connectivity index (χ1) is 19.8. The van der Waals surface area contributed by atoms with Crippen LogP contribution in [0, 0.1) is 0 Å². The second-order valence-corrected chi connectivity index (χ2v) is 11.0. The van der Waals surface area contributed by atoms with E-state index in [-0.39, 0.29) is 18.2 Å². The van der Waals surface area contributed by atoms with E-state index in [1.54, 1.807) is 14.2 Å². The van der Waals surface area contributed by atoms with Gasteiger partial charge in [-0.1, -0.05) is 65.7 Å².